The molecule has 0 bridgehead atoms. The van der Waals surface area contributed by atoms with Gasteiger partial charge in [0.15, 0.2) is 0 Å². The van der Waals surface area contributed by atoms with E-state index in [9.17, 15) is 9.90 Å². The van der Waals surface area contributed by atoms with Crippen LogP contribution in [0, 0.1) is 0 Å². The van der Waals surface area contributed by atoms with Crippen LogP contribution in [0.25, 0.3) is 10.8 Å². The summed E-state index contributed by atoms with van der Waals surface area (Å²) in [5.41, 5.74) is 12.3. The van der Waals surface area contributed by atoms with Crippen molar-refractivity contribution >= 4 is 16.7 Å². The third kappa shape index (κ3) is 4.07. The van der Waals surface area contributed by atoms with Crippen LogP contribution in [0.5, 0.6) is 0 Å². The van der Waals surface area contributed by atoms with Crippen LogP contribution in [-0.4, -0.2) is 45.7 Å². The number of carbonyl (C=O) groups is 1. The van der Waals surface area contributed by atoms with Gasteiger partial charge in [-0.1, -0.05) is 42.5 Å². The molecular formula is C23H33N3O2. The summed E-state index contributed by atoms with van der Waals surface area (Å²) in [4.78, 5) is 14.6. The number of carbonyl (C=O) groups excluding carboxylic acids is 1. The number of nitrogens with two attached hydrogens (primary N) is 2. The number of likely N-dealkylation sites (tertiary alicyclic amines) is 1. The van der Waals surface area contributed by atoms with Crippen LogP contribution >= 0.6 is 0 Å². The van der Waals surface area contributed by atoms with E-state index in [-0.39, 0.29) is 17.9 Å². The molecular weight excluding hydrogens is 350 g/mol. The van der Waals surface area contributed by atoms with Gasteiger partial charge in [-0.3, -0.25) is 9.69 Å². The van der Waals surface area contributed by atoms with Crippen LogP contribution < -0.4 is 11.5 Å². The number of primary amides is 1. The molecule has 5 heteroatoms. The van der Waals surface area contributed by atoms with E-state index in [0.717, 1.165) is 23.9 Å². The lowest BCUT2D eigenvalue weighted by Crippen LogP contribution is -2.62. The van der Waals surface area contributed by atoms with Gasteiger partial charge in [-0.15, -0.1) is 0 Å². The number of nitrogens with zero attached hydrogens (tertiary/aromatic N) is 1. The van der Waals surface area contributed by atoms with E-state index in [1.807, 2.05) is 12.1 Å². The first kappa shape index (κ1) is 20.8. The molecule has 0 aromatic heterocycles. The van der Waals surface area contributed by atoms with Gasteiger partial charge in [0, 0.05) is 18.0 Å². The summed E-state index contributed by atoms with van der Waals surface area (Å²) >= 11 is 0. The Morgan fingerprint density at radius 2 is 1.89 bits per heavy atom. The maximum Gasteiger partial charge on any atom is 0.238 e. The fraction of sp³-hybridized carbons (Fsp3) is 0.522. The molecule has 1 heterocycles. The smallest absolute Gasteiger partial charge is 0.238 e. The highest BCUT2D eigenvalue weighted by Gasteiger charge is 2.51. The quantitative estimate of drug-likeness (QED) is 0.715. The summed E-state index contributed by atoms with van der Waals surface area (Å²) in [6.45, 7) is 7.05. The molecule has 3 rings (SSSR count). The van der Waals surface area contributed by atoms with Gasteiger partial charge < -0.3 is 16.6 Å². The minimum Gasteiger partial charge on any atom is -0.391 e. The first-order chi connectivity index (χ1) is 13.1. The Kier molecular flexibility index (Phi) is 5.80. The van der Waals surface area contributed by atoms with Crippen molar-refractivity contribution in [2.75, 3.05) is 6.54 Å². The molecule has 1 saturated heterocycles. The van der Waals surface area contributed by atoms with E-state index < -0.39 is 17.7 Å². The lowest BCUT2D eigenvalue weighted by atomic mass is 9.83. The average Bonchev–Trinajstić information content (AvgIpc) is 3.07. The molecule has 0 aliphatic carbocycles. The maximum absolute atomic E-state index is 12.5. The second-order valence-corrected chi connectivity index (χ2v) is 9.14. The van der Waals surface area contributed by atoms with Gasteiger partial charge >= 0.3 is 0 Å². The molecule has 5 N–H and O–H groups in total. The van der Waals surface area contributed by atoms with E-state index in [4.69, 9.17) is 11.5 Å². The van der Waals surface area contributed by atoms with Crippen molar-refractivity contribution in [3.8, 4) is 0 Å². The number of hydrogen-bond acceptors (Lipinski definition) is 4. The van der Waals surface area contributed by atoms with Crippen LogP contribution in [-0.2, 0) is 11.2 Å². The number of rotatable bonds is 6. The van der Waals surface area contributed by atoms with Gasteiger partial charge in [-0.2, -0.15) is 0 Å². The molecule has 0 radical (unpaired) electrons. The molecule has 1 fully saturated rings. The Morgan fingerprint density at radius 1 is 1.21 bits per heavy atom. The molecule has 1 aliphatic rings. The number of fused-ring (bicyclic) bond motifs is 1. The van der Waals surface area contributed by atoms with Crippen LogP contribution in [0.3, 0.4) is 0 Å². The zero-order valence-electron chi connectivity index (χ0n) is 17.2. The number of aliphatic hydroxyl groups excluding tert-OH is 1. The second kappa shape index (κ2) is 7.82. The normalized spacial score (nSPS) is 23.0. The molecule has 28 heavy (non-hydrogen) atoms. The standard InChI is InChI=1S/C23H33N3O2/c1-22(2,3)26-12-6-11-23(26,21(25)28)15-20(27)19(24)14-16-9-10-17-7-4-5-8-18(17)13-16/h4-5,7-10,13,19-20,27H,6,11-12,14-15,24H2,1-3H3,(H2,25,28)/t19-,20+,23+/m0/s1. The zero-order valence-corrected chi connectivity index (χ0v) is 17.2. The molecule has 2 aromatic rings. The van der Waals surface area contributed by atoms with Gasteiger partial charge in [-0.25, -0.2) is 0 Å². The van der Waals surface area contributed by atoms with Crippen molar-refractivity contribution in [2.24, 2.45) is 11.5 Å². The predicted octanol–water partition coefficient (Wildman–Crippen LogP) is 2.58. The first-order valence-corrected chi connectivity index (χ1v) is 10.1. The van der Waals surface area contributed by atoms with Gasteiger partial charge in [0.25, 0.3) is 0 Å². The highest BCUT2D eigenvalue weighted by atomic mass is 16.3. The Bertz CT molecular complexity index is 845. The van der Waals surface area contributed by atoms with Gasteiger partial charge in [0.1, 0.15) is 5.54 Å². The summed E-state index contributed by atoms with van der Waals surface area (Å²) in [7, 11) is 0. The maximum atomic E-state index is 12.5. The topological polar surface area (TPSA) is 92.6 Å². The molecule has 2 aromatic carbocycles. The number of aliphatic hydroxyl groups is 1. The fourth-order valence-corrected chi connectivity index (χ4v) is 4.70. The van der Waals surface area contributed by atoms with E-state index >= 15 is 0 Å². The SMILES string of the molecule is CC(C)(C)N1CCC[C@@]1(C[C@@H](O)[C@@H](N)Cc1ccc2ccccc2c1)C(N)=O. The third-order valence-electron chi connectivity index (χ3n) is 6.08. The van der Waals surface area contributed by atoms with Crippen molar-refractivity contribution in [3.63, 3.8) is 0 Å². The number of benzene rings is 2. The fourth-order valence-electron chi connectivity index (χ4n) is 4.70. The van der Waals surface area contributed by atoms with Crippen molar-refractivity contribution in [1.82, 2.24) is 4.90 Å². The van der Waals surface area contributed by atoms with Crippen LogP contribution in [0.4, 0.5) is 0 Å². The van der Waals surface area contributed by atoms with E-state index in [1.54, 1.807) is 0 Å². The number of hydrogen-bond donors (Lipinski definition) is 3. The van der Waals surface area contributed by atoms with E-state index in [0.29, 0.717) is 12.8 Å². The highest BCUT2D eigenvalue weighted by molar-refractivity contribution is 5.85. The van der Waals surface area contributed by atoms with E-state index in [2.05, 4.69) is 56.0 Å². The number of amides is 1. The molecule has 0 unspecified atom stereocenters. The molecule has 152 valence electrons. The minimum absolute atomic E-state index is 0.201. The summed E-state index contributed by atoms with van der Waals surface area (Å²) < 4.78 is 0. The first-order valence-electron chi connectivity index (χ1n) is 10.1. The van der Waals surface area contributed by atoms with Gasteiger partial charge in [0.05, 0.1) is 6.10 Å². The summed E-state index contributed by atoms with van der Waals surface area (Å²) in [6.07, 6.45) is 1.58. The van der Waals surface area contributed by atoms with Gasteiger partial charge in [0.2, 0.25) is 5.91 Å². The Morgan fingerprint density at radius 3 is 2.54 bits per heavy atom. The van der Waals surface area contributed by atoms with Gasteiger partial charge in [-0.05, 0) is 62.9 Å². The van der Waals surface area contributed by atoms with Crippen molar-refractivity contribution in [3.05, 3.63) is 48.0 Å². The Balaban J connectivity index is 1.76. The third-order valence-corrected chi connectivity index (χ3v) is 6.08. The summed E-state index contributed by atoms with van der Waals surface area (Å²) in [6, 6.07) is 14.0. The second-order valence-electron chi connectivity index (χ2n) is 9.14. The van der Waals surface area contributed by atoms with E-state index in [1.165, 1.54) is 5.39 Å². The van der Waals surface area contributed by atoms with Crippen molar-refractivity contribution in [1.29, 1.82) is 0 Å². The summed E-state index contributed by atoms with van der Waals surface area (Å²) in [5, 5.41) is 13.2. The average molecular weight is 384 g/mol. The van der Waals surface area contributed by atoms with Crippen LogP contribution in [0.2, 0.25) is 0 Å². The molecule has 5 nitrogen and oxygen atoms in total. The molecule has 0 spiro atoms. The minimum atomic E-state index is -0.835. The molecule has 0 saturated carbocycles. The lowest BCUT2D eigenvalue weighted by molar-refractivity contribution is -0.134. The monoisotopic (exact) mass is 383 g/mol. The highest BCUT2D eigenvalue weighted by Crippen LogP contribution is 2.39. The van der Waals surface area contributed by atoms with Crippen LogP contribution in [0.1, 0.15) is 45.6 Å². The Labute approximate surface area is 167 Å². The summed E-state index contributed by atoms with van der Waals surface area (Å²) in [5.74, 6) is -0.364. The lowest BCUT2D eigenvalue weighted by Gasteiger charge is -2.45. The molecule has 1 amide bonds. The molecule has 3 atom stereocenters. The van der Waals surface area contributed by atoms with Crippen LogP contribution in [0.15, 0.2) is 42.5 Å². The van der Waals surface area contributed by atoms with Crippen molar-refractivity contribution < 1.29 is 9.90 Å². The predicted molar refractivity (Wildman–Crippen MR) is 114 cm³/mol. The zero-order chi connectivity index (χ0) is 20.5. The molecule has 1 aliphatic heterocycles. The van der Waals surface area contributed by atoms with Crippen molar-refractivity contribution in [2.45, 2.75) is 69.7 Å². The largest absolute Gasteiger partial charge is 0.391 e. The Hall–Kier alpha value is -1.95.